The van der Waals surface area contributed by atoms with Crippen molar-refractivity contribution in [3.8, 4) is 0 Å². The lowest BCUT2D eigenvalue weighted by Gasteiger charge is -2.28. The van der Waals surface area contributed by atoms with Crippen molar-refractivity contribution in [2.45, 2.75) is 52.6 Å². The molecule has 1 aromatic rings. The molecule has 1 heterocycles. The molecule has 0 spiro atoms. The molecule has 0 aliphatic carbocycles. The Labute approximate surface area is 112 Å². The molecule has 102 valence electrons. The molecule has 0 bridgehead atoms. The zero-order chi connectivity index (χ0) is 13.4. The van der Waals surface area contributed by atoms with Crippen LogP contribution < -0.4 is 10.2 Å². The number of nitrogens with one attached hydrogen (secondary N) is 1. The van der Waals surface area contributed by atoms with E-state index in [0.29, 0.717) is 6.04 Å². The van der Waals surface area contributed by atoms with Gasteiger partial charge in [0.2, 0.25) is 0 Å². The zero-order valence-corrected chi connectivity index (χ0v) is 12.2. The normalized spacial score (nSPS) is 12.4. The van der Waals surface area contributed by atoms with Crippen LogP contribution in [0.2, 0.25) is 0 Å². The van der Waals surface area contributed by atoms with E-state index < -0.39 is 0 Å². The third-order valence-corrected chi connectivity index (χ3v) is 3.37. The van der Waals surface area contributed by atoms with Crippen LogP contribution in [0.4, 0.5) is 5.69 Å². The van der Waals surface area contributed by atoms with E-state index in [2.05, 4.69) is 49.1 Å². The lowest BCUT2D eigenvalue weighted by molar-refractivity contribution is 0.609. The number of aromatic nitrogens is 1. The van der Waals surface area contributed by atoms with Crippen LogP contribution in [0.5, 0.6) is 0 Å². The topological polar surface area (TPSA) is 28.2 Å². The molecule has 1 aromatic heterocycles. The lowest BCUT2D eigenvalue weighted by atomic mass is 10.1. The van der Waals surface area contributed by atoms with Crippen LogP contribution in [0.25, 0.3) is 0 Å². The van der Waals surface area contributed by atoms with E-state index in [1.165, 1.54) is 24.1 Å². The molecule has 1 unspecified atom stereocenters. The number of pyridine rings is 1. The van der Waals surface area contributed by atoms with Gasteiger partial charge in [0, 0.05) is 43.3 Å². The Morgan fingerprint density at radius 3 is 2.78 bits per heavy atom. The summed E-state index contributed by atoms with van der Waals surface area (Å²) >= 11 is 0. The SMILES string of the molecule is CCCNCc1cnccc1N(C)C(C)CCC. The molecule has 0 radical (unpaired) electrons. The molecule has 1 rings (SSSR count). The maximum Gasteiger partial charge on any atom is 0.0442 e. The molecule has 0 aromatic carbocycles. The number of hydrogen-bond donors (Lipinski definition) is 1. The van der Waals surface area contributed by atoms with E-state index in [4.69, 9.17) is 0 Å². The summed E-state index contributed by atoms with van der Waals surface area (Å²) in [6.45, 7) is 8.67. The fourth-order valence-corrected chi connectivity index (χ4v) is 2.15. The van der Waals surface area contributed by atoms with Crippen LogP contribution in [0.15, 0.2) is 18.5 Å². The first kappa shape index (κ1) is 15.0. The minimum Gasteiger partial charge on any atom is -0.372 e. The van der Waals surface area contributed by atoms with Gasteiger partial charge in [0.05, 0.1) is 0 Å². The van der Waals surface area contributed by atoms with Gasteiger partial charge in [-0.2, -0.15) is 0 Å². The Hall–Kier alpha value is -1.09. The van der Waals surface area contributed by atoms with Crippen LogP contribution in [0.1, 0.15) is 45.6 Å². The summed E-state index contributed by atoms with van der Waals surface area (Å²) in [6.07, 6.45) is 7.47. The molecular formula is C15H27N3. The van der Waals surface area contributed by atoms with Crippen molar-refractivity contribution >= 4 is 5.69 Å². The number of anilines is 1. The van der Waals surface area contributed by atoms with Crippen molar-refractivity contribution in [3.05, 3.63) is 24.0 Å². The Bertz CT molecular complexity index is 338. The van der Waals surface area contributed by atoms with E-state index in [0.717, 1.165) is 19.5 Å². The standard InChI is InChI=1S/C15H27N3/c1-5-7-13(3)18(4)15-8-10-17-12-14(15)11-16-9-6-2/h8,10,12-13,16H,5-7,9,11H2,1-4H3. The highest BCUT2D eigenvalue weighted by Gasteiger charge is 2.12. The predicted molar refractivity (Wildman–Crippen MR) is 79.0 cm³/mol. The van der Waals surface area contributed by atoms with Crippen LogP contribution in [0.3, 0.4) is 0 Å². The molecular weight excluding hydrogens is 222 g/mol. The first-order chi connectivity index (χ1) is 8.70. The summed E-state index contributed by atoms with van der Waals surface area (Å²) in [5, 5.41) is 3.45. The van der Waals surface area contributed by atoms with Gasteiger partial charge in [-0.05, 0) is 32.4 Å². The molecule has 1 atom stereocenters. The fraction of sp³-hybridized carbons (Fsp3) is 0.667. The Morgan fingerprint density at radius 1 is 1.33 bits per heavy atom. The molecule has 3 heteroatoms. The van der Waals surface area contributed by atoms with Crippen LogP contribution in [0, 0.1) is 0 Å². The van der Waals surface area contributed by atoms with Gasteiger partial charge in [-0.25, -0.2) is 0 Å². The average molecular weight is 249 g/mol. The van der Waals surface area contributed by atoms with Gasteiger partial charge >= 0.3 is 0 Å². The van der Waals surface area contributed by atoms with Gasteiger partial charge in [-0.1, -0.05) is 20.3 Å². The number of nitrogens with zero attached hydrogens (tertiary/aromatic N) is 2. The van der Waals surface area contributed by atoms with Gasteiger partial charge in [-0.15, -0.1) is 0 Å². The molecule has 0 amide bonds. The summed E-state index contributed by atoms with van der Waals surface area (Å²) in [4.78, 5) is 6.61. The minimum atomic E-state index is 0.572. The van der Waals surface area contributed by atoms with Crippen LogP contribution >= 0.6 is 0 Å². The van der Waals surface area contributed by atoms with Crippen molar-refractivity contribution in [3.63, 3.8) is 0 Å². The average Bonchev–Trinajstić information content (AvgIpc) is 2.39. The summed E-state index contributed by atoms with van der Waals surface area (Å²) < 4.78 is 0. The van der Waals surface area contributed by atoms with Gasteiger partial charge in [0.25, 0.3) is 0 Å². The molecule has 1 N–H and O–H groups in total. The number of rotatable bonds is 8. The molecule has 0 saturated heterocycles. The van der Waals surface area contributed by atoms with Crippen LogP contribution in [-0.4, -0.2) is 24.6 Å². The highest BCUT2D eigenvalue weighted by atomic mass is 15.1. The molecule has 0 saturated carbocycles. The Morgan fingerprint density at radius 2 is 2.11 bits per heavy atom. The fourth-order valence-electron chi connectivity index (χ4n) is 2.15. The van der Waals surface area contributed by atoms with E-state index in [-0.39, 0.29) is 0 Å². The van der Waals surface area contributed by atoms with E-state index in [1.54, 1.807) is 0 Å². The summed E-state index contributed by atoms with van der Waals surface area (Å²) in [7, 11) is 2.18. The zero-order valence-electron chi connectivity index (χ0n) is 12.2. The summed E-state index contributed by atoms with van der Waals surface area (Å²) in [5.41, 5.74) is 2.59. The largest absolute Gasteiger partial charge is 0.372 e. The molecule has 18 heavy (non-hydrogen) atoms. The molecule has 3 nitrogen and oxygen atoms in total. The van der Waals surface area contributed by atoms with Crippen LogP contribution in [-0.2, 0) is 6.54 Å². The summed E-state index contributed by atoms with van der Waals surface area (Å²) in [5.74, 6) is 0. The van der Waals surface area contributed by atoms with Crippen molar-refractivity contribution in [2.24, 2.45) is 0 Å². The number of hydrogen-bond acceptors (Lipinski definition) is 3. The Kier molecular flexibility index (Phi) is 6.73. The first-order valence-electron chi connectivity index (χ1n) is 7.07. The first-order valence-corrected chi connectivity index (χ1v) is 7.07. The van der Waals surface area contributed by atoms with E-state index in [9.17, 15) is 0 Å². The lowest BCUT2D eigenvalue weighted by Crippen LogP contribution is -2.30. The second kappa shape index (κ2) is 8.09. The van der Waals surface area contributed by atoms with Crippen molar-refractivity contribution in [2.75, 3.05) is 18.5 Å². The van der Waals surface area contributed by atoms with Crippen molar-refractivity contribution < 1.29 is 0 Å². The van der Waals surface area contributed by atoms with E-state index in [1.807, 2.05) is 12.4 Å². The third kappa shape index (κ3) is 4.30. The van der Waals surface area contributed by atoms with Crippen molar-refractivity contribution in [1.29, 1.82) is 0 Å². The maximum absolute atomic E-state index is 4.25. The minimum absolute atomic E-state index is 0.572. The second-order valence-corrected chi connectivity index (χ2v) is 4.93. The smallest absolute Gasteiger partial charge is 0.0442 e. The van der Waals surface area contributed by atoms with E-state index >= 15 is 0 Å². The highest BCUT2D eigenvalue weighted by Crippen LogP contribution is 2.21. The predicted octanol–water partition coefficient (Wildman–Crippen LogP) is 3.21. The highest BCUT2D eigenvalue weighted by molar-refractivity contribution is 5.52. The molecule has 0 fully saturated rings. The molecule has 0 aliphatic rings. The quantitative estimate of drug-likeness (QED) is 0.717. The van der Waals surface area contributed by atoms with Gasteiger partial charge in [0.1, 0.15) is 0 Å². The van der Waals surface area contributed by atoms with Gasteiger partial charge in [-0.3, -0.25) is 4.98 Å². The van der Waals surface area contributed by atoms with Gasteiger partial charge < -0.3 is 10.2 Å². The maximum atomic E-state index is 4.25. The summed E-state index contributed by atoms with van der Waals surface area (Å²) in [6, 6.07) is 2.69. The van der Waals surface area contributed by atoms with Gasteiger partial charge in [0.15, 0.2) is 0 Å². The van der Waals surface area contributed by atoms with Crippen molar-refractivity contribution in [1.82, 2.24) is 10.3 Å². The monoisotopic (exact) mass is 249 g/mol. The molecule has 0 aliphatic heterocycles. The third-order valence-electron chi connectivity index (χ3n) is 3.37. The Balaban J connectivity index is 2.73. The second-order valence-electron chi connectivity index (χ2n) is 4.93.